The lowest BCUT2D eigenvalue weighted by Gasteiger charge is -2.28. The Hall–Kier alpha value is -2.80. The van der Waals surface area contributed by atoms with Crippen molar-refractivity contribution in [1.82, 2.24) is 15.5 Å². The number of benzene rings is 1. The first-order valence-electron chi connectivity index (χ1n) is 11.1. The molecule has 31 heavy (non-hydrogen) atoms. The van der Waals surface area contributed by atoms with Gasteiger partial charge in [-0.25, -0.2) is 0 Å². The summed E-state index contributed by atoms with van der Waals surface area (Å²) in [7, 11) is 0. The lowest BCUT2D eigenvalue weighted by molar-refractivity contribution is -0.124. The first-order chi connectivity index (χ1) is 15.0. The molecule has 2 atom stereocenters. The summed E-state index contributed by atoms with van der Waals surface area (Å²) in [5.41, 5.74) is 0.493. The Morgan fingerprint density at radius 3 is 2.42 bits per heavy atom. The van der Waals surface area contributed by atoms with E-state index < -0.39 is 6.04 Å². The molecule has 2 N–H and O–H groups in total. The van der Waals surface area contributed by atoms with E-state index in [-0.39, 0.29) is 23.8 Å². The molecule has 2 unspecified atom stereocenters. The minimum Gasteiger partial charge on any atom is -0.494 e. The molecule has 1 aromatic heterocycles. The summed E-state index contributed by atoms with van der Waals surface area (Å²) < 4.78 is 11.0. The largest absolute Gasteiger partial charge is 0.494 e. The molecule has 7 heteroatoms. The smallest absolute Gasteiger partial charge is 0.251 e. The van der Waals surface area contributed by atoms with Crippen LogP contribution in [0.2, 0.25) is 0 Å². The van der Waals surface area contributed by atoms with Crippen molar-refractivity contribution in [2.75, 3.05) is 26.2 Å². The first-order valence-corrected chi connectivity index (χ1v) is 11.1. The Labute approximate surface area is 184 Å². The fraction of sp³-hybridized carbons (Fsp3) is 0.500. The van der Waals surface area contributed by atoms with Gasteiger partial charge in [-0.3, -0.25) is 14.5 Å². The van der Waals surface area contributed by atoms with Crippen LogP contribution in [0.5, 0.6) is 5.75 Å². The van der Waals surface area contributed by atoms with Crippen molar-refractivity contribution in [1.29, 1.82) is 0 Å². The molecule has 1 fully saturated rings. The van der Waals surface area contributed by atoms with Gasteiger partial charge >= 0.3 is 0 Å². The van der Waals surface area contributed by atoms with Gasteiger partial charge in [-0.1, -0.05) is 13.8 Å². The molecular formula is C24H33N3O4. The number of ether oxygens (including phenoxy) is 1. The Balaban J connectivity index is 1.62. The third-order valence-electron chi connectivity index (χ3n) is 5.59. The second-order valence-electron chi connectivity index (χ2n) is 8.17. The number of likely N-dealkylation sites (tertiary alicyclic amines) is 1. The van der Waals surface area contributed by atoms with E-state index in [0.717, 1.165) is 31.7 Å². The van der Waals surface area contributed by atoms with Gasteiger partial charge in [0.05, 0.1) is 18.9 Å². The summed E-state index contributed by atoms with van der Waals surface area (Å²) in [5.74, 6) is 1.04. The van der Waals surface area contributed by atoms with Crippen LogP contribution in [0.3, 0.4) is 0 Å². The molecule has 3 rings (SSSR count). The van der Waals surface area contributed by atoms with Gasteiger partial charge in [0.2, 0.25) is 5.91 Å². The number of hydrogen-bond donors (Lipinski definition) is 2. The SMILES string of the molecule is CCOc1ccc(C(=O)NC(C(=O)NCC(c2ccco2)N2CCCC2)C(C)C)cc1. The number of nitrogens with one attached hydrogen (secondary N) is 2. The van der Waals surface area contributed by atoms with Crippen LogP contribution in [0, 0.1) is 5.92 Å². The van der Waals surface area contributed by atoms with Crippen LogP contribution in [0.4, 0.5) is 0 Å². The summed E-state index contributed by atoms with van der Waals surface area (Å²) in [6, 6.07) is 10.1. The highest BCUT2D eigenvalue weighted by Gasteiger charge is 2.29. The monoisotopic (exact) mass is 427 g/mol. The van der Waals surface area contributed by atoms with Crippen LogP contribution in [-0.2, 0) is 4.79 Å². The molecule has 2 aromatic rings. The molecule has 0 saturated carbocycles. The van der Waals surface area contributed by atoms with Crippen molar-refractivity contribution < 1.29 is 18.7 Å². The molecule has 1 saturated heterocycles. The zero-order chi connectivity index (χ0) is 22.2. The second kappa shape index (κ2) is 11.0. The van der Waals surface area contributed by atoms with Crippen molar-refractivity contribution in [3.63, 3.8) is 0 Å². The molecule has 0 radical (unpaired) electrons. The molecule has 2 heterocycles. The van der Waals surface area contributed by atoms with Crippen molar-refractivity contribution in [3.8, 4) is 5.75 Å². The van der Waals surface area contributed by atoms with Crippen LogP contribution >= 0.6 is 0 Å². The topological polar surface area (TPSA) is 83.8 Å². The number of furan rings is 1. The molecule has 1 aliphatic heterocycles. The molecule has 7 nitrogen and oxygen atoms in total. The van der Waals surface area contributed by atoms with Crippen LogP contribution in [0.15, 0.2) is 47.1 Å². The lowest BCUT2D eigenvalue weighted by Crippen LogP contribution is -2.51. The van der Waals surface area contributed by atoms with E-state index in [9.17, 15) is 9.59 Å². The van der Waals surface area contributed by atoms with Gasteiger partial charge in [0, 0.05) is 12.1 Å². The standard InChI is InChI=1S/C24H33N3O4/c1-4-30-19-11-9-18(10-12-19)23(28)26-22(17(2)3)24(29)25-16-20(21-8-7-15-31-21)27-13-5-6-14-27/h7-12,15,17,20,22H,4-6,13-14,16H2,1-3H3,(H,25,29)(H,26,28). The summed E-state index contributed by atoms with van der Waals surface area (Å²) >= 11 is 0. The maximum Gasteiger partial charge on any atom is 0.251 e. The fourth-order valence-electron chi connectivity index (χ4n) is 3.88. The number of rotatable bonds is 10. The zero-order valence-electron chi connectivity index (χ0n) is 18.6. The molecule has 0 aliphatic carbocycles. The highest BCUT2D eigenvalue weighted by molar-refractivity contribution is 5.97. The van der Waals surface area contributed by atoms with Crippen LogP contribution in [0.1, 0.15) is 55.8 Å². The van der Waals surface area contributed by atoms with E-state index in [2.05, 4.69) is 15.5 Å². The first kappa shape index (κ1) is 22.9. The zero-order valence-corrected chi connectivity index (χ0v) is 18.6. The number of carbonyl (C=O) groups excluding carboxylic acids is 2. The Kier molecular flexibility index (Phi) is 8.12. The molecule has 2 amide bonds. The number of amides is 2. The van der Waals surface area contributed by atoms with Crippen molar-refractivity contribution >= 4 is 11.8 Å². The van der Waals surface area contributed by atoms with Gasteiger partial charge < -0.3 is 19.8 Å². The quantitative estimate of drug-likeness (QED) is 0.607. The predicted octanol–water partition coefficient (Wildman–Crippen LogP) is 3.39. The number of carbonyl (C=O) groups is 2. The molecule has 168 valence electrons. The van der Waals surface area contributed by atoms with E-state index in [0.29, 0.717) is 24.5 Å². The van der Waals surface area contributed by atoms with Crippen LogP contribution in [0.25, 0.3) is 0 Å². The van der Waals surface area contributed by atoms with Gasteiger partial charge in [0.15, 0.2) is 0 Å². The average molecular weight is 428 g/mol. The summed E-state index contributed by atoms with van der Waals surface area (Å²) in [6.45, 7) is 8.74. The average Bonchev–Trinajstić information content (AvgIpc) is 3.47. The molecule has 1 aliphatic rings. The minimum absolute atomic E-state index is 0.00364. The van der Waals surface area contributed by atoms with Crippen molar-refractivity contribution in [2.24, 2.45) is 5.92 Å². The van der Waals surface area contributed by atoms with Gasteiger partial charge in [0.1, 0.15) is 17.6 Å². The molecule has 0 bridgehead atoms. The third kappa shape index (κ3) is 6.10. The molecular weight excluding hydrogens is 394 g/mol. The Bertz CT molecular complexity index is 827. The summed E-state index contributed by atoms with van der Waals surface area (Å²) in [4.78, 5) is 28.0. The maximum absolute atomic E-state index is 13.0. The summed E-state index contributed by atoms with van der Waals surface area (Å²) in [5, 5.41) is 5.92. The molecule has 0 spiro atoms. The lowest BCUT2D eigenvalue weighted by atomic mass is 10.0. The van der Waals surface area contributed by atoms with E-state index in [1.165, 1.54) is 0 Å². The predicted molar refractivity (Wildman–Crippen MR) is 119 cm³/mol. The normalized spacial score (nSPS) is 16.1. The minimum atomic E-state index is -0.630. The summed E-state index contributed by atoms with van der Waals surface area (Å²) in [6.07, 6.45) is 3.96. The van der Waals surface area contributed by atoms with E-state index in [1.54, 1.807) is 30.5 Å². The fourth-order valence-corrected chi connectivity index (χ4v) is 3.88. The van der Waals surface area contributed by atoms with Gasteiger partial charge in [-0.15, -0.1) is 0 Å². The van der Waals surface area contributed by atoms with Gasteiger partial charge in [-0.05, 0) is 75.2 Å². The highest BCUT2D eigenvalue weighted by Crippen LogP contribution is 2.25. The Morgan fingerprint density at radius 2 is 1.84 bits per heavy atom. The van der Waals surface area contributed by atoms with E-state index in [4.69, 9.17) is 9.15 Å². The van der Waals surface area contributed by atoms with Crippen LogP contribution < -0.4 is 15.4 Å². The van der Waals surface area contributed by atoms with E-state index >= 15 is 0 Å². The Morgan fingerprint density at radius 1 is 1.13 bits per heavy atom. The van der Waals surface area contributed by atoms with Gasteiger partial charge in [-0.2, -0.15) is 0 Å². The highest BCUT2D eigenvalue weighted by atomic mass is 16.5. The third-order valence-corrected chi connectivity index (χ3v) is 5.59. The van der Waals surface area contributed by atoms with Crippen molar-refractivity contribution in [3.05, 3.63) is 54.0 Å². The second-order valence-corrected chi connectivity index (χ2v) is 8.17. The van der Waals surface area contributed by atoms with E-state index in [1.807, 2.05) is 32.9 Å². The van der Waals surface area contributed by atoms with Crippen LogP contribution in [-0.4, -0.2) is 49.0 Å². The van der Waals surface area contributed by atoms with Crippen molar-refractivity contribution in [2.45, 2.75) is 45.7 Å². The maximum atomic E-state index is 13.0. The number of nitrogens with zero attached hydrogens (tertiary/aromatic N) is 1. The number of hydrogen-bond acceptors (Lipinski definition) is 5. The molecule has 1 aromatic carbocycles. The van der Waals surface area contributed by atoms with Gasteiger partial charge in [0.25, 0.3) is 5.91 Å².